The normalized spacial score (nSPS) is 15.3. The Kier molecular flexibility index (Phi) is 4.78. The van der Waals surface area contributed by atoms with E-state index in [0.717, 1.165) is 5.56 Å². The average Bonchev–Trinajstić information content (AvgIpc) is 3.28. The van der Waals surface area contributed by atoms with Gasteiger partial charge >= 0.3 is 6.61 Å². The fraction of sp³-hybridized carbons (Fsp3) is 0.412. The van der Waals surface area contributed by atoms with Crippen molar-refractivity contribution in [1.82, 2.24) is 9.78 Å². The Bertz CT molecular complexity index is 696. The number of alkyl halides is 2. The number of nitrogens with zero attached hydrogens (tertiary/aromatic N) is 2. The molecule has 128 valence electrons. The lowest BCUT2D eigenvalue weighted by molar-refractivity contribution is -0.115. The molecule has 1 aromatic heterocycles. The summed E-state index contributed by atoms with van der Waals surface area (Å²) in [7, 11) is 0. The minimum atomic E-state index is -2.85. The first-order valence-electron chi connectivity index (χ1n) is 7.90. The van der Waals surface area contributed by atoms with Gasteiger partial charge in [-0.05, 0) is 43.4 Å². The van der Waals surface area contributed by atoms with Crippen LogP contribution in [0.15, 0.2) is 36.5 Å². The standard InChI is InChI=1S/C17H19F2N3O2/c1-11(13-4-5-13)22-15(8-9-20-22)21-16(23)10-12-2-6-14(7-3-12)24-17(18)19/h2-3,6-9,11,13,17H,4-5,10H2,1H3,(H,21,23). The molecule has 2 aromatic rings. The van der Waals surface area contributed by atoms with Gasteiger partial charge in [-0.1, -0.05) is 12.1 Å². The third-order valence-corrected chi connectivity index (χ3v) is 4.14. The van der Waals surface area contributed by atoms with Crippen molar-refractivity contribution in [3.8, 4) is 5.75 Å². The van der Waals surface area contributed by atoms with Gasteiger partial charge in [-0.15, -0.1) is 0 Å². The Morgan fingerprint density at radius 3 is 2.67 bits per heavy atom. The highest BCUT2D eigenvalue weighted by molar-refractivity contribution is 5.91. The molecule has 1 fully saturated rings. The molecule has 24 heavy (non-hydrogen) atoms. The number of amides is 1. The average molecular weight is 335 g/mol. The fourth-order valence-corrected chi connectivity index (χ4v) is 2.68. The van der Waals surface area contributed by atoms with Crippen molar-refractivity contribution in [1.29, 1.82) is 0 Å². The summed E-state index contributed by atoms with van der Waals surface area (Å²) in [5.74, 6) is 1.20. The second-order valence-corrected chi connectivity index (χ2v) is 5.99. The van der Waals surface area contributed by atoms with Gasteiger partial charge in [0, 0.05) is 6.07 Å². The number of hydrogen-bond acceptors (Lipinski definition) is 3. The maximum Gasteiger partial charge on any atom is 0.387 e. The molecule has 0 aliphatic heterocycles. The quantitative estimate of drug-likeness (QED) is 0.840. The zero-order valence-corrected chi connectivity index (χ0v) is 13.3. The lowest BCUT2D eigenvalue weighted by atomic mass is 10.1. The van der Waals surface area contributed by atoms with Crippen molar-refractivity contribution in [2.24, 2.45) is 5.92 Å². The highest BCUT2D eigenvalue weighted by atomic mass is 19.3. The molecule has 1 aromatic carbocycles. The molecule has 0 saturated heterocycles. The third-order valence-electron chi connectivity index (χ3n) is 4.14. The topological polar surface area (TPSA) is 56.2 Å². The van der Waals surface area contributed by atoms with Gasteiger partial charge < -0.3 is 10.1 Å². The molecular formula is C17H19F2N3O2. The molecule has 0 bridgehead atoms. The number of carbonyl (C=O) groups is 1. The van der Waals surface area contributed by atoms with E-state index in [1.807, 2.05) is 4.68 Å². The second kappa shape index (κ2) is 6.98. The number of nitrogens with one attached hydrogen (secondary N) is 1. The first-order valence-corrected chi connectivity index (χ1v) is 7.90. The molecule has 3 rings (SSSR count). The van der Waals surface area contributed by atoms with E-state index >= 15 is 0 Å². The Morgan fingerprint density at radius 2 is 2.04 bits per heavy atom. The number of halogens is 2. The van der Waals surface area contributed by atoms with Crippen molar-refractivity contribution in [3.05, 3.63) is 42.1 Å². The first kappa shape index (κ1) is 16.4. The summed E-state index contributed by atoms with van der Waals surface area (Å²) < 4.78 is 30.4. The summed E-state index contributed by atoms with van der Waals surface area (Å²) in [4.78, 5) is 12.2. The zero-order valence-electron chi connectivity index (χ0n) is 13.3. The van der Waals surface area contributed by atoms with Crippen LogP contribution in [0.3, 0.4) is 0 Å². The van der Waals surface area contributed by atoms with Crippen LogP contribution >= 0.6 is 0 Å². The van der Waals surface area contributed by atoms with Crippen molar-refractivity contribution in [3.63, 3.8) is 0 Å². The maximum atomic E-state index is 12.2. The Hall–Kier alpha value is -2.44. The highest BCUT2D eigenvalue weighted by Gasteiger charge is 2.30. The summed E-state index contributed by atoms with van der Waals surface area (Å²) in [6.45, 7) is -0.755. The number of rotatable bonds is 7. The van der Waals surface area contributed by atoms with Crippen LogP contribution < -0.4 is 10.1 Å². The molecule has 1 amide bonds. The number of hydrogen-bond donors (Lipinski definition) is 1. The van der Waals surface area contributed by atoms with Gasteiger partial charge in [0.2, 0.25) is 5.91 Å². The summed E-state index contributed by atoms with van der Waals surface area (Å²) in [6.07, 6.45) is 4.21. The Balaban J connectivity index is 1.59. The van der Waals surface area contributed by atoms with Gasteiger partial charge in [0.05, 0.1) is 18.7 Å². The molecule has 1 atom stereocenters. The highest BCUT2D eigenvalue weighted by Crippen LogP contribution is 2.40. The van der Waals surface area contributed by atoms with Gasteiger partial charge in [-0.2, -0.15) is 13.9 Å². The van der Waals surface area contributed by atoms with Crippen LogP contribution in [0, 0.1) is 5.92 Å². The van der Waals surface area contributed by atoms with Crippen molar-refractivity contribution < 1.29 is 18.3 Å². The summed E-state index contributed by atoms with van der Waals surface area (Å²) in [5, 5.41) is 7.15. The van der Waals surface area contributed by atoms with Gasteiger partial charge in [0.25, 0.3) is 0 Å². The first-order chi connectivity index (χ1) is 11.5. The van der Waals surface area contributed by atoms with Crippen LogP contribution in [0.4, 0.5) is 14.6 Å². The van der Waals surface area contributed by atoms with E-state index < -0.39 is 6.61 Å². The number of carbonyl (C=O) groups excluding carboxylic acids is 1. The van der Waals surface area contributed by atoms with Gasteiger partial charge in [-0.3, -0.25) is 4.79 Å². The van der Waals surface area contributed by atoms with E-state index in [1.54, 1.807) is 24.4 Å². The van der Waals surface area contributed by atoms with E-state index in [9.17, 15) is 13.6 Å². The molecule has 1 unspecified atom stereocenters. The number of ether oxygens (including phenoxy) is 1. The summed E-state index contributed by atoms with van der Waals surface area (Å²) >= 11 is 0. The third kappa shape index (κ3) is 4.10. The monoisotopic (exact) mass is 335 g/mol. The Labute approximate surface area is 138 Å². The molecule has 5 nitrogen and oxygen atoms in total. The molecule has 1 heterocycles. The second-order valence-electron chi connectivity index (χ2n) is 5.99. The molecule has 1 aliphatic rings. The number of anilines is 1. The van der Waals surface area contributed by atoms with Crippen LogP contribution in [-0.4, -0.2) is 22.3 Å². The van der Waals surface area contributed by atoms with E-state index in [0.29, 0.717) is 11.7 Å². The van der Waals surface area contributed by atoms with Crippen LogP contribution in [0.1, 0.15) is 31.4 Å². The van der Waals surface area contributed by atoms with Crippen LogP contribution in [0.5, 0.6) is 5.75 Å². The van der Waals surface area contributed by atoms with Crippen LogP contribution in [-0.2, 0) is 11.2 Å². The molecule has 1 N–H and O–H groups in total. The molecule has 1 aliphatic carbocycles. The summed E-state index contributed by atoms with van der Waals surface area (Å²) in [6, 6.07) is 8.09. The lowest BCUT2D eigenvalue weighted by Crippen LogP contribution is -2.19. The summed E-state index contributed by atoms with van der Waals surface area (Å²) in [5.41, 5.74) is 0.718. The lowest BCUT2D eigenvalue weighted by Gasteiger charge is -2.15. The van der Waals surface area contributed by atoms with E-state index in [4.69, 9.17) is 0 Å². The van der Waals surface area contributed by atoms with E-state index in [-0.39, 0.29) is 24.1 Å². The van der Waals surface area contributed by atoms with Gasteiger partial charge in [0.15, 0.2) is 0 Å². The predicted molar refractivity (Wildman–Crippen MR) is 85.1 cm³/mol. The van der Waals surface area contributed by atoms with Gasteiger partial charge in [0.1, 0.15) is 11.6 Å². The maximum absolute atomic E-state index is 12.2. The molecule has 1 saturated carbocycles. The molecule has 0 radical (unpaired) electrons. The van der Waals surface area contributed by atoms with Crippen molar-refractivity contribution >= 4 is 11.7 Å². The largest absolute Gasteiger partial charge is 0.435 e. The minimum Gasteiger partial charge on any atom is -0.435 e. The number of aromatic nitrogens is 2. The number of benzene rings is 1. The van der Waals surface area contributed by atoms with Gasteiger partial charge in [-0.25, -0.2) is 4.68 Å². The van der Waals surface area contributed by atoms with E-state index in [2.05, 4.69) is 22.1 Å². The molecule has 7 heteroatoms. The zero-order chi connectivity index (χ0) is 17.1. The van der Waals surface area contributed by atoms with Crippen molar-refractivity contribution in [2.75, 3.05) is 5.32 Å². The fourth-order valence-electron chi connectivity index (χ4n) is 2.68. The molecule has 0 spiro atoms. The minimum absolute atomic E-state index is 0.0745. The van der Waals surface area contributed by atoms with Crippen LogP contribution in [0.25, 0.3) is 0 Å². The molecular weight excluding hydrogens is 316 g/mol. The van der Waals surface area contributed by atoms with Crippen molar-refractivity contribution in [2.45, 2.75) is 38.8 Å². The smallest absolute Gasteiger partial charge is 0.387 e. The van der Waals surface area contributed by atoms with Crippen LogP contribution in [0.2, 0.25) is 0 Å². The SMILES string of the molecule is CC(C1CC1)n1nccc1NC(=O)Cc1ccc(OC(F)F)cc1. The Morgan fingerprint density at radius 1 is 1.33 bits per heavy atom. The van der Waals surface area contributed by atoms with E-state index in [1.165, 1.54) is 25.0 Å². The predicted octanol–water partition coefficient (Wildman–Crippen LogP) is 3.64.